The topological polar surface area (TPSA) is 59.1 Å². The molecule has 2 amide bonds. The molecule has 0 spiro atoms. The maximum absolute atomic E-state index is 12.9. The normalized spacial score (nSPS) is 15.9. The van der Waals surface area contributed by atoms with Crippen molar-refractivity contribution in [1.29, 1.82) is 0 Å². The van der Waals surface area contributed by atoms with E-state index in [2.05, 4.69) is 0 Å². The van der Waals surface area contributed by atoms with Crippen molar-refractivity contribution in [2.75, 3.05) is 19.9 Å². The molecule has 2 aliphatic heterocycles. The highest BCUT2D eigenvalue weighted by molar-refractivity contribution is 8.26. The SMILES string of the molecule is CCN(Cc1ccccc1)C(=O)CCCCCN1C(=O)C(=Cc2ccc3c(c2)OCO3)SC1=S. The lowest BCUT2D eigenvalue weighted by molar-refractivity contribution is -0.131. The van der Waals surface area contributed by atoms with Gasteiger partial charge in [0, 0.05) is 26.1 Å². The van der Waals surface area contributed by atoms with Crippen LogP contribution in [-0.2, 0) is 16.1 Å². The number of benzene rings is 2. The largest absolute Gasteiger partial charge is 0.454 e. The highest BCUT2D eigenvalue weighted by Crippen LogP contribution is 2.36. The second-order valence-corrected chi connectivity index (χ2v) is 9.83. The minimum absolute atomic E-state index is 0.0660. The van der Waals surface area contributed by atoms with Gasteiger partial charge in [-0.25, -0.2) is 0 Å². The number of thiocarbonyl (C=S) groups is 1. The number of nitrogens with zero attached hydrogens (tertiary/aromatic N) is 2. The van der Waals surface area contributed by atoms with E-state index in [1.54, 1.807) is 4.90 Å². The van der Waals surface area contributed by atoms with Crippen molar-refractivity contribution < 1.29 is 19.1 Å². The highest BCUT2D eigenvalue weighted by atomic mass is 32.2. The second kappa shape index (κ2) is 11.5. The molecule has 178 valence electrons. The molecule has 8 heteroatoms. The number of ether oxygens (including phenoxy) is 2. The number of fused-ring (bicyclic) bond motifs is 1. The van der Waals surface area contributed by atoms with Crippen LogP contribution in [0.1, 0.15) is 43.7 Å². The van der Waals surface area contributed by atoms with Crippen LogP contribution in [0.15, 0.2) is 53.4 Å². The summed E-state index contributed by atoms with van der Waals surface area (Å²) in [5.74, 6) is 1.50. The average Bonchev–Trinajstić information content (AvgIpc) is 3.42. The molecule has 6 nitrogen and oxygen atoms in total. The Labute approximate surface area is 209 Å². The fraction of sp³-hybridized carbons (Fsp3) is 0.346. The van der Waals surface area contributed by atoms with Gasteiger partial charge in [-0.15, -0.1) is 0 Å². The summed E-state index contributed by atoms with van der Waals surface area (Å²) in [5.41, 5.74) is 2.01. The van der Waals surface area contributed by atoms with Crippen LogP contribution in [0.25, 0.3) is 6.08 Å². The van der Waals surface area contributed by atoms with Gasteiger partial charge in [0.1, 0.15) is 4.32 Å². The molecule has 34 heavy (non-hydrogen) atoms. The van der Waals surface area contributed by atoms with Gasteiger partial charge in [-0.05, 0) is 49.1 Å². The Morgan fingerprint density at radius 2 is 1.91 bits per heavy atom. The van der Waals surface area contributed by atoms with E-state index in [-0.39, 0.29) is 18.6 Å². The molecule has 0 unspecified atom stereocenters. The zero-order valence-corrected chi connectivity index (χ0v) is 20.8. The molecule has 0 saturated carbocycles. The van der Waals surface area contributed by atoms with Gasteiger partial charge in [-0.2, -0.15) is 0 Å². The first-order chi connectivity index (χ1) is 16.5. The van der Waals surface area contributed by atoms with Gasteiger partial charge in [0.15, 0.2) is 11.5 Å². The number of carbonyl (C=O) groups excluding carboxylic acids is 2. The van der Waals surface area contributed by atoms with Crippen LogP contribution in [0.5, 0.6) is 11.5 Å². The zero-order valence-electron chi connectivity index (χ0n) is 19.2. The van der Waals surface area contributed by atoms with Gasteiger partial charge in [0.05, 0.1) is 4.91 Å². The molecular formula is C26H28N2O4S2. The summed E-state index contributed by atoms with van der Waals surface area (Å²) in [7, 11) is 0. The van der Waals surface area contributed by atoms with E-state index in [0.29, 0.717) is 46.8 Å². The van der Waals surface area contributed by atoms with Crippen LogP contribution in [0, 0.1) is 0 Å². The van der Waals surface area contributed by atoms with Crippen LogP contribution < -0.4 is 9.47 Å². The predicted molar refractivity (Wildman–Crippen MR) is 138 cm³/mol. The molecule has 1 fully saturated rings. The van der Waals surface area contributed by atoms with Crippen molar-refractivity contribution in [3.8, 4) is 11.5 Å². The van der Waals surface area contributed by atoms with Crippen LogP contribution in [-0.4, -0.2) is 45.8 Å². The average molecular weight is 497 g/mol. The molecular weight excluding hydrogens is 468 g/mol. The number of amides is 2. The van der Waals surface area contributed by atoms with Gasteiger partial charge in [-0.1, -0.05) is 66.8 Å². The summed E-state index contributed by atoms with van der Waals surface area (Å²) in [6.45, 7) is 4.13. The van der Waals surface area contributed by atoms with Crippen LogP contribution in [0.3, 0.4) is 0 Å². The molecule has 2 aromatic carbocycles. The zero-order chi connectivity index (χ0) is 23.9. The first kappa shape index (κ1) is 24.3. The summed E-state index contributed by atoms with van der Waals surface area (Å²) in [6.07, 6.45) is 4.83. The molecule has 0 radical (unpaired) electrons. The molecule has 0 atom stereocenters. The molecule has 2 aromatic rings. The van der Waals surface area contributed by atoms with Crippen molar-refractivity contribution in [3.05, 3.63) is 64.6 Å². The smallest absolute Gasteiger partial charge is 0.266 e. The lowest BCUT2D eigenvalue weighted by atomic mass is 10.1. The maximum atomic E-state index is 12.9. The molecule has 0 N–H and O–H groups in total. The number of rotatable bonds is 10. The van der Waals surface area contributed by atoms with Gasteiger partial charge < -0.3 is 14.4 Å². The Balaban J connectivity index is 1.22. The fourth-order valence-corrected chi connectivity index (χ4v) is 5.22. The van der Waals surface area contributed by atoms with Crippen molar-refractivity contribution in [1.82, 2.24) is 9.80 Å². The van der Waals surface area contributed by atoms with Crippen LogP contribution in [0.4, 0.5) is 0 Å². The van der Waals surface area contributed by atoms with Crippen molar-refractivity contribution >= 4 is 46.2 Å². The third-order valence-corrected chi connectivity index (χ3v) is 7.17. The number of unbranched alkanes of at least 4 members (excludes halogenated alkanes) is 2. The Kier molecular flexibility index (Phi) is 8.24. The molecule has 1 saturated heterocycles. The molecule has 0 aromatic heterocycles. The standard InChI is InChI=1S/C26H28N2O4S2/c1-2-27(17-19-9-5-3-6-10-19)24(29)11-7-4-8-14-28-25(30)23(34-26(28)33)16-20-12-13-21-22(15-20)32-18-31-21/h3,5-6,9-10,12-13,15-16H,2,4,7-8,11,14,17-18H2,1H3. The molecule has 2 aliphatic rings. The minimum Gasteiger partial charge on any atom is -0.454 e. The summed E-state index contributed by atoms with van der Waals surface area (Å²) < 4.78 is 11.3. The summed E-state index contributed by atoms with van der Waals surface area (Å²) in [4.78, 5) is 29.6. The Morgan fingerprint density at radius 3 is 2.71 bits per heavy atom. The second-order valence-electron chi connectivity index (χ2n) is 8.15. The van der Waals surface area contributed by atoms with E-state index in [4.69, 9.17) is 21.7 Å². The third-order valence-electron chi connectivity index (χ3n) is 5.79. The predicted octanol–water partition coefficient (Wildman–Crippen LogP) is 5.23. The summed E-state index contributed by atoms with van der Waals surface area (Å²) >= 11 is 6.77. The first-order valence-electron chi connectivity index (χ1n) is 11.5. The van der Waals surface area contributed by atoms with Crippen LogP contribution in [0.2, 0.25) is 0 Å². The molecule has 4 rings (SSSR count). The van der Waals surface area contributed by atoms with E-state index < -0.39 is 0 Å². The summed E-state index contributed by atoms with van der Waals surface area (Å²) in [5, 5.41) is 0. The lowest BCUT2D eigenvalue weighted by Crippen LogP contribution is -2.30. The van der Waals surface area contributed by atoms with Gasteiger partial charge >= 0.3 is 0 Å². The molecule has 0 bridgehead atoms. The van der Waals surface area contributed by atoms with E-state index >= 15 is 0 Å². The number of thioether (sulfide) groups is 1. The first-order valence-corrected chi connectivity index (χ1v) is 12.7. The minimum atomic E-state index is -0.0660. The fourth-order valence-electron chi connectivity index (χ4n) is 3.91. The molecule has 2 heterocycles. The quantitative estimate of drug-likeness (QED) is 0.255. The van der Waals surface area contributed by atoms with Gasteiger partial charge in [0.2, 0.25) is 12.7 Å². The Bertz CT molecular complexity index is 1090. The number of carbonyl (C=O) groups is 2. The maximum Gasteiger partial charge on any atom is 0.266 e. The van der Waals surface area contributed by atoms with Gasteiger partial charge in [-0.3, -0.25) is 14.5 Å². The van der Waals surface area contributed by atoms with Crippen LogP contribution >= 0.6 is 24.0 Å². The number of hydrogen-bond acceptors (Lipinski definition) is 6. The van der Waals surface area contributed by atoms with E-state index in [1.807, 2.05) is 66.4 Å². The Morgan fingerprint density at radius 1 is 1.12 bits per heavy atom. The lowest BCUT2D eigenvalue weighted by Gasteiger charge is -2.21. The third kappa shape index (κ3) is 5.98. The van der Waals surface area contributed by atoms with E-state index in [1.165, 1.54) is 11.8 Å². The van der Waals surface area contributed by atoms with E-state index in [0.717, 1.165) is 30.4 Å². The van der Waals surface area contributed by atoms with Crippen molar-refractivity contribution in [2.45, 2.75) is 39.2 Å². The van der Waals surface area contributed by atoms with E-state index in [9.17, 15) is 9.59 Å². The Hall–Kier alpha value is -2.84. The van der Waals surface area contributed by atoms with Crippen molar-refractivity contribution in [2.24, 2.45) is 0 Å². The molecule has 0 aliphatic carbocycles. The highest BCUT2D eigenvalue weighted by Gasteiger charge is 2.31. The van der Waals surface area contributed by atoms with Crippen molar-refractivity contribution in [3.63, 3.8) is 0 Å². The van der Waals surface area contributed by atoms with Gasteiger partial charge in [0.25, 0.3) is 5.91 Å². The monoisotopic (exact) mass is 496 g/mol. The summed E-state index contributed by atoms with van der Waals surface area (Å²) in [6, 6.07) is 15.6. The number of hydrogen-bond donors (Lipinski definition) is 0.